The summed E-state index contributed by atoms with van der Waals surface area (Å²) in [7, 11) is 5.93. The van der Waals surface area contributed by atoms with Gasteiger partial charge in [-0.05, 0) is 51.4 Å². The zero-order valence-corrected chi connectivity index (χ0v) is 41.0. The molecule has 0 aromatic carbocycles. The molecule has 0 radical (unpaired) electrons. The van der Waals surface area contributed by atoms with Crippen molar-refractivity contribution in [2.75, 3.05) is 47.5 Å². The van der Waals surface area contributed by atoms with Crippen molar-refractivity contribution in [1.82, 2.24) is 0 Å². The first-order valence-electron chi connectivity index (χ1n) is 25.1. The number of nitrogens with zero attached hydrogens (tertiary/aromatic N) is 1. The predicted octanol–water partition coefficient (Wildman–Crippen LogP) is 13.9. The van der Waals surface area contributed by atoms with E-state index in [4.69, 9.17) is 18.9 Å². The third-order valence-electron chi connectivity index (χ3n) is 10.5. The normalized spacial score (nSPS) is 13.5. The average Bonchev–Trinajstić information content (AvgIpc) is 3.24. The molecule has 0 saturated carbocycles. The van der Waals surface area contributed by atoms with E-state index < -0.39 is 24.3 Å². The molecule has 362 valence electrons. The molecule has 0 amide bonds. The predicted molar refractivity (Wildman–Crippen MR) is 263 cm³/mol. The number of carboxylic acid groups (broad SMARTS) is 1. The molecule has 9 nitrogen and oxygen atoms in total. The van der Waals surface area contributed by atoms with Crippen LogP contribution in [0.25, 0.3) is 0 Å². The van der Waals surface area contributed by atoms with Crippen molar-refractivity contribution < 1.29 is 42.9 Å². The number of allylic oxidation sites excluding steroid dienone is 12. The number of carboxylic acids is 1. The highest BCUT2D eigenvalue weighted by Gasteiger charge is 2.25. The van der Waals surface area contributed by atoms with Crippen LogP contribution in [0.5, 0.6) is 0 Å². The fraction of sp³-hybridized carbons (Fsp3) is 0.722. The lowest BCUT2D eigenvalue weighted by molar-refractivity contribution is -0.870. The monoisotopic (exact) mass is 885 g/mol. The first-order valence-corrected chi connectivity index (χ1v) is 25.1. The van der Waals surface area contributed by atoms with Crippen LogP contribution >= 0.6 is 0 Å². The summed E-state index contributed by atoms with van der Waals surface area (Å²) in [6, 6.07) is 0. The minimum Gasteiger partial charge on any atom is -0.477 e. The van der Waals surface area contributed by atoms with Crippen LogP contribution < -0.4 is 0 Å². The topological polar surface area (TPSA) is 108 Å². The number of carbonyl (C=O) groups is 3. The number of aliphatic carboxylic acids is 1. The number of ether oxygens (including phenoxy) is 4. The van der Waals surface area contributed by atoms with Gasteiger partial charge in [-0.3, -0.25) is 9.59 Å². The van der Waals surface area contributed by atoms with Gasteiger partial charge < -0.3 is 28.5 Å². The molecule has 0 aliphatic heterocycles. The van der Waals surface area contributed by atoms with Gasteiger partial charge in [0, 0.05) is 12.8 Å². The lowest BCUT2D eigenvalue weighted by Crippen LogP contribution is -2.40. The molecule has 0 aromatic heterocycles. The minimum absolute atomic E-state index is 0.133. The molecule has 0 aliphatic rings. The first kappa shape index (κ1) is 59.7. The van der Waals surface area contributed by atoms with Gasteiger partial charge in [0.2, 0.25) is 0 Å². The highest BCUT2D eigenvalue weighted by molar-refractivity contribution is 5.71. The maximum atomic E-state index is 12.8. The molecule has 2 unspecified atom stereocenters. The fourth-order valence-corrected chi connectivity index (χ4v) is 6.63. The van der Waals surface area contributed by atoms with Crippen LogP contribution in [-0.2, 0) is 33.3 Å². The Morgan fingerprint density at radius 3 is 1.32 bits per heavy atom. The number of likely N-dealkylation sites (N-methyl/N-ethyl adjacent to an activating group) is 1. The van der Waals surface area contributed by atoms with Gasteiger partial charge in [0.05, 0.1) is 34.4 Å². The number of esters is 2. The number of rotatable bonds is 45. The molecule has 63 heavy (non-hydrogen) atoms. The zero-order valence-electron chi connectivity index (χ0n) is 41.0. The summed E-state index contributed by atoms with van der Waals surface area (Å²) in [5.41, 5.74) is 0. The molecule has 0 bridgehead atoms. The minimum atomic E-state index is -1.53. The van der Waals surface area contributed by atoms with E-state index in [1.165, 1.54) is 103 Å². The Morgan fingerprint density at radius 1 is 0.492 bits per heavy atom. The standard InChI is InChI=1S/C54H93NO8/c1-6-8-10-12-14-16-18-20-22-24-26-28-30-32-34-36-38-40-42-44-51(56)61-48-50(49-62-54(53(58)59)60-47-46-55(3,4)5)63-52(57)45-43-41-39-37-35-33-31-29-27-25-23-21-19-17-15-13-11-9-7-2/h9,11,15,17,21,23,27,29,33,35,39,41,50,54H,6-8,10,12-14,16,18-20,22,24-26,28,30-32,34,36-38,40,42-49H2,1-5H3/p+1/b11-9-,17-15-,23-21-,29-27-,35-33-,41-39-. The van der Waals surface area contributed by atoms with Crippen LogP contribution in [0.3, 0.4) is 0 Å². The van der Waals surface area contributed by atoms with Gasteiger partial charge in [-0.1, -0.05) is 202 Å². The van der Waals surface area contributed by atoms with Gasteiger partial charge in [-0.25, -0.2) is 4.79 Å². The summed E-state index contributed by atoms with van der Waals surface area (Å²) < 4.78 is 22.7. The Morgan fingerprint density at radius 2 is 0.905 bits per heavy atom. The molecule has 0 fully saturated rings. The van der Waals surface area contributed by atoms with Gasteiger partial charge in [-0.2, -0.15) is 0 Å². The Kier molecular flexibility index (Phi) is 43.0. The summed E-state index contributed by atoms with van der Waals surface area (Å²) >= 11 is 0. The van der Waals surface area contributed by atoms with Crippen molar-refractivity contribution in [3.05, 3.63) is 72.9 Å². The second-order valence-corrected chi connectivity index (χ2v) is 17.8. The third kappa shape index (κ3) is 46.5. The van der Waals surface area contributed by atoms with Crippen LogP contribution in [0.1, 0.15) is 194 Å². The molecule has 0 heterocycles. The van der Waals surface area contributed by atoms with Crippen molar-refractivity contribution in [2.24, 2.45) is 0 Å². The molecule has 0 saturated heterocycles. The first-order chi connectivity index (χ1) is 30.6. The summed E-state index contributed by atoms with van der Waals surface area (Å²) in [5, 5.41) is 9.66. The Bertz CT molecular complexity index is 1260. The number of hydrogen-bond acceptors (Lipinski definition) is 7. The Hall–Kier alpha value is -3.27. The largest absolute Gasteiger partial charge is 0.477 e. The molecule has 0 spiro atoms. The quantitative estimate of drug-likeness (QED) is 0.0212. The van der Waals surface area contributed by atoms with Gasteiger partial charge in [0.25, 0.3) is 6.29 Å². The lowest BCUT2D eigenvalue weighted by Gasteiger charge is -2.25. The maximum Gasteiger partial charge on any atom is 0.361 e. The number of unbranched alkanes of at least 4 members (excludes halogenated alkanes) is 18. The van der Waals surface area contributed by atoms with Crippen molar-refractivity contribution in [1.29, 1.82) is 0 Å². The summed E-state index contributed by atoms with van der Waals surface area (Å²) in [6.07, 6.45) is 54.1. The van der Waals surface area contributed by atoms with Gasteiger partial charge in [0.15, 0.2) is 6.10 Å². The molecule has 2 atom stereocenters. The van der Waals surface area contributed by atoms with Crippen LogP contribution in [0.4, 0.5) is 0 Å². The van der Waals surface area contributed by atoms with Crippen molar-refractivity contribution in [3.63, 3.8) is 0 Å². The second kappa shape index (κ2) is 45.3. The highest BCUT2D eigenvalue weighted by atomic mass is 16.7. The molecule has 0 aliphatic carbocycles. The van der Waals surface area contributed by atoms with Gasteiger partial charge in [-0.15, -0.1) is 0 Å². The SMILES string of the molecule is CC/C=C\C/C=C\C/C=C\C/C=C\C/C=C\C/C=C\CCC(=O)OC(COC(=O)CCCCCCCCCCCCCCCCCCCCC)COC(OCC[N+](C)(C)C)C(=O)O. The van der Waals surface area contributed by atoms with Crippen LogP contribution in [-0.4, -0.2) is 87.4 Å². The van der Waals surface area contributed by atoms with E-state index in [0.29, 0.717) is 17.4 Å². The number of hydrogen-bond donors (Lipinski definition) is 1. The third-order valence-corrected chi connectivity index (χ3v) is 10.5. The zero-order chi connectivity index (χ0) is 46.3. The molecule has 9 heteroatoms. The molecular weight excluding hydrogens is 791 g/mol. The maximum absolute atomic E-state index is 12.8. The van der Waals surface area contributed by atoms with E-state index in [2.05, 4.69) is 74.6 Å². The second-order valence-electron chi connectivity index (χ2n) is 17.8. The van der Waals surface area contributed by atoms with Crippen molar-refractivity contribution >= 4 is 17.9 Å². The van der Waals surface area contributed by atoms with E-state index in [1.54, 1.807) is 0 Å². The Labute approximate surface area is 386 Å². The summed E-state index contributed by atoms with van der Waals surface area (Å²) in [4.78, 5) is 37.2. The van der Waals surface area contributed by atoms with E-state index in [0.717, 1.165) is 57.8 Å². The van der Waals surface area contributed by atoms with Crippen LogP contribution in [0, 0.1) is 0 Å². The fourth-order valence-electron chi connectivity index (χ4n) is 6.63. The number of carbonyl (C=O) groups excluding carboxylic acids is 2. The molecular formula is C54H94NO8+. The van der Waals surface area contributed by atoms with E-state index in [1.807, 2.05) is 33.3 Å². The average molecular weight is 885 g/mol. The molecule has 1 N–H and O–H groups in total. The van der Waals surface area contributed by atoms with E-state index in [-0.39, 0.29) is 38.6 Å². The smallest absolute Gasteiger partial charge is 0.361 e. The van der Waals surface area contributed by atoms with Crippen molar-refractivity contribution in [2.45, 2.75) is 206 Å². The summed E-state index contributed by atoms with van der Waals surface area (Å²) in [5.74, 6) is -2.12. The lowest BCUT2D eigenvalue weighted by atomic mass is 10.0. The molecule has 0 rings (SSSR count). The van der Waals surface area contributed by atoms with Gasteiger partial charge in [0.1, 0.15) is 13.2 Å². The summed E-state index contributed by atoms with van der Waals surface area (Å²) in [6.45, 7) is 4.68. The van der Waals surface area contributed by atoms with E-state index in [9.17, 15) is 19.5 Å². The highest BCUT2D eigenvalue weighted by Crippen LogP contribution is 2.15. The number of quaternary nitrogens is 1. The van der Waals surface area contributed by atoms with E-state index >= 15 is 0 Å². The van der Waals surface area contributed by atoms with Crippen LogP contribution in [0.2, 0.25) is 0 Å². The molecule has 0 aromatic rings. The van der Waals surface area contributed by atoms with Gasteiger partial charge >= 0.3 is 17.9 Å². The van der Waals surface area contributed by atoms with Crippen LogP contribution in [0.15, 0.2) is 72.9 Å². The Balaban J connectivity index is 4.47. The van der Waals surface area contributed by atoms with Crippen molar-refractivity contribution in [3.8, 4) is 0 Å².